The Labute approximate surface area is 75.1 Å². The first kappa shape index (κ1) is 10.2. The summed E-state index contributed by atoms with van der Waals surface area (Å²) in [5.41, 5.74) is -0.750. The van der Waals surface area contributed by atoms with Crippen molar-refractivity contribution in [2.24, 2.45) is 0 Å². The van der Waals surface area contributed by atoms with E-state index in [-0.39, 0.29) is 11.8 Å². The number of hydrogen-bond donors (Lipinski definition) is 0. The van der Waals surface area contributed by atoms with Crippen LogP contribution in [0.15, 0.2) is 0 Å². The number of benzene rings is 1. The lowest BCUT2D eigenvalue weighted by Gasteiger charge is -2.06. The van der Waals surface area contributed by atoms with Crippen molar-refractivity contribution >= 4 is 20.8 Å². The van der Waals surface area contributed by atoms with Crippen LogP contribution >= 0.6 is 9.24 Å². The largest absolute Gasteiger partial charge is 0.298 e. The monoisotopic (exact) mass is 206 g/mol. The maximum Gasteiger partial charge on any atom is 0.169 e. The Morgan fingerprint density at radius 1 is 1.15 bits per heavy atom. The van der Waals surface area contributed by atoms with Gasteiger partial charge in [-0.3, -0.25) is 4.79 Å². The summed E-state index contributed by atoms with van der Waals surface area (Å²) in [6, 6.07) is 0. The lowest BCUT2D eigenvalue weighted by atomic mass is 10.1. The summed E-state index contributed by atoms with van der Waals surface area (Å²) in [5.74, 6) is -3.49. The number of carbonyl (C=O) groups excluding carboxylic acids is 1. The summed E-state index contributed by atoms with van der Waals surface area (Å²) in [5, 5.41) is -0.551. The summed E-state index contributed by atoms with van der Waals surface area (Å²) < 4.78 is 38.8. The van der Waals surface area contributed by atoms with E-state index >= 15 is 0 Å². The van der Waals surface area contributed by atoms with Gasteiger partial charge in [-0.2, -0.15) is 0 Å². The van der Waals surface area contributed by atoms with Crippen LogP contribution in [0.3, 0.4) is 0 Å². The summed E-state index contributed by atoms with van der Waals surface area (Å²) in [4.78, 5) is 10.3. The fourth-order valence-electron chi connectivity index (χ4n) is 0.947. The van der Waals surface area contributed by atoms with Crippen LogP contribution in [0.25, 0.3) is 0 Å². The standard InChI is InChI=1S/C8H6F3OP/c1-3-4(2-12)6(10)8(13)7(11)5(3)9/h2H,13H2,1H3. The maximum absolute atomic E-state index is 13.0. The van der Waals surface area contributed by atoms with Gasteiger partial charge in [0.25, 0.3) is 0 Å². The minimum Gasteiger partial charge on any atom is -0.298 e. The van der Waals surface area contributed by atoms with E-state index < -0.39 is 28.3 Å². The molecule has 1 aromatic rings. The molecule has 0 radical (unpaired) electrons. The van der Waals surface area contributed by atoms with Crippen molar-refractivity contribution in [2.45, 2.75) is 6.92 Å². The Balaban J connectivity index is 3.66. The molecular weight excluding hydrogens is 200 g/mol. The number of halogens is 3. The van der Waals surface area contributed by atoms with Gasteiger partial charge >= 0.3 is 0 Å². The van der Waals surface area contributed by atoms with E-state index in [0.717, 1.165) is 6.92 Å². The molecule has 0 aliphatic heterocycles. The molecule has 0 spiro atoms. The van der Waals surface area contributed by atoms with Crippen molar-refractivity contribution in [3.05, 3.63) is 28.6 Å². The summed E-state index contributed by atoms with van der Waals surface area (Å²) in [6.07, 6.45) is 0.167. The third kappa shape index (κ3) is 1.46. The molecule has 70 valence electrons. The molecule has 1 unspecified atom stereocenters. The molecule has 1 nitrogen and oxygen atoms in total. The smallest absolute Gasteiger partial charge is 0.169 e. The molecule has 13 heavy (non-hydrogen) atoms. The second-order valence-corrected chi connectivity index (χ2v) is 3.09. The van der Waals surface area contributed by atoms with Crippen LogP contribution in [-0.4, -0.2) is 6.29 Å². The highest BCUT2D eigenvalue weighted by atomic mass is 31.0. The average molecular weight is 206 g/mol. The molecule has 0 saturated carbocycles. The predicted octanol–water partition coefficient (Wildman–Crippen LogP) is 1.73. The molecule has 1 rings (SSSR count). The van der Waals surface area contributed by atoms with Crippen LogP contribution in [0, 0.1) is 24.4 Å². The van der Waals surface area contributed by atoms with E-state index in [9.17, 15) is 18.0 Å². The zero-order valence-corrected chi connectivity index (χ0v) is 7.85. The molecule has 0 N–H and O–H groups in total. The van der Waals surface area contributed by atoms with E-state index in [1.807, 2.05) is 0 Å². The van der Waals surface area contributed by atoms with Crippen molar-refractivity contribution in [1.29, 1.82) is 0 Å². The molecule has 0 amide bonds. The van der Waals surface area contributed by atoms with E-state index in [1.54, 1.807) is 9.24 Å². The van der Waals surface area contributed by atoms with Gasteiger partial charge in [0.2, 0.25) is 0 Å². The van der Waals surface area contributed by atoms with Crippen molar-refractivity contribution in [2.75, 3.05) is 0 Å². The second kappa shape index (κ2) is 3.46. The van der Waals surface area contributed by atoms with Crippen molar-refractivity contribution in [3.63, 3.8) is 0 Å². The summed E-state index contributed by atoms with van der Waals surface area (Å²) in [6.45, 7) is 1.15. The Hall–Kier alpha value is -0.890. The Morgan fingerprint density at radius 3 is 2.15 bits per heavy atom. The molecule has 1 aromatic carbocycles. The lowest BCUT2D eigenvalue weighted by Crippen LogP contribution is -2.14. The van der Waals surface area contributed by atoms with Gasteiger partial charge in [-0.05, 0) is 6.92 Å². The van der Waals surface area contributed by atoms with Crippen LogP contribution in [0.1, 0.15) is 15.9 Å². The fraction of sp³-hybridized carbons (Fsp3) is 0.125. The summed E-state index contributed by atoms with van der Waals surface area (Å²) >= 11 is 0. The zero-order valence-electron chi connectivity index (χ0n) is 6.70. The van der Waals surface area contributed by atoms with Gasteiger partial charge in [0, 0.05) is 10.9 Å². The SMILES string of the molecule is Cc1c(F)c(F)c(P)c(F)c1C=O. The summed E-state index contributed by atoms with van der Waals surface area (Å²) in [7, 11) is 1.72. The topological polar surface area (TPSA) is 17.1 Å². The molecule has 0 saturated heterocycles. The van der Waals surface area contributed by atoms with Crippen LogP contribution in [0.4, 0.5) is 13.2 Å². The van der Waals surface area contributed by atoms with Gasteiger partial charge < -0.3 is 0 Å². The molecule has 0 aliphatic carbocycles. The highest BCUT2D eigenvalue weighted by Crippen LogP contribution is 2.18. The first-order valence-corrected chi connectivity index (χ1v) is 3.96. The zero-order chi connectivity index (χ0) is 10.2. The lowest BCUT2D eigenvalue weighted by molar-refractivity contribution is 0.111. The van der Waals surface area contributed by atoms with Crippen LogP contribution in [0.5, 0.6) is 0 Å². The molecule has 0 bridgehead atoms. The van der Waals surface area contributed by atoms with Gasteiger partial charge in [0.05, 0.1) is 5.56 Å². The van der Waals surface area contributed by atoms with Gasteiger partial charge in [-0.25, -0.2) is 13.2 Å². The highest BCUT2D eigenvalue weighted by molar-refractivity contribution is 7.27. The molecule has 0 heterocycles. The third-order valence-corrected chi connectivity index (χ3v) is 2.26. The molecule has 5 heteroatoms. The predicted molar refractivity (Wildman–Crippen MR) is 45.8 cm³/mol. The first-order chi connectivity index (χ1) is 6.00. The maximum atomic E-state index is 13.0. The van der Waals surface area contributed by atoms with Gasteiger partial charge in [-0.15, -0.1) is 0 Å². The third-order valence-electron chi connectivity index (χ3n) is 1.75. The molecule has 0 aliphatic rings. The van der Waals surface area contributed by atoms with Crippen molar-refractivity contribution in [1.82, 2.24) is 0 Å². The second-order valence-electron chi connectivity index (χ2n) is 2.51. The number of hydrogen-bond acceptors (Lipinski definition) is 1. The highest BCUT2D eigenvalue weighted by Gasteiger charge is 2.19. The van der Waals surface area contributed by atoms with Gasteiger partial charge in [-0.1, -0.05) is 9.24 Å². The van der Waals surface area contributed by atoms with Crippen LogP contribution in [-0.2, 0) is 0 Å². The number of carbonyl (C=O) groups is 1. The molecular formula is C8H6F3OP. The number of aldehydes is 1. The fourth-order valence-corrected chi connectivity index (χ4v) is 1.23. The Morgan fingerprint density at radius 2 is 1.69 bits per heavy atom. The van der Waals surface area contributed by atoms with E-state index in [0.29, 0.717) is 0 Å². The first-order valence-electron chi connectivity index (χ1n) is 3.38. The Bertz CT molecular complexity index is 347. The van der Waals surface area contributed by atoms with E-state index in [2.05, 4.69) is 0 Å². The normalized spacial score (nSPS) is 10.2. The van der Waals surface area contributed by atoms with Crippen molar-refractivity contribution in [3.8, 4) is 0 Å². The van der Waals surface area contributed by atoms with Crippen LogP contribution in [0.2, 0.25) is 0 Å². The quantitative estimate of drug-likeness (QED) is 0.388. The molecule has 0 fully saturated rings. The number of rotatable bonds is 1. The van der Waals surface area contributed by atoms with Crippen LogP contribution < -0.4 is 5.30 Å². The Kier molecular flexibility index (Phi) is 2.71. The minimum absolute atomic E-state index is 0.167. The van der Waals surface area contributed by atoms with Gasteiger partial charge in [0.15, 0.2) is 17.9 Å². The minimum atomic E-state index is -1.27. The van der Waals surface area contributed by atoms with Crippen molar-refractivity contribution < 1.29 is 18.0 Å². The van der Waals surface area contributed by atoms with Gasteiger partial charge in [0.1, 0.15) is 5.82 Å². The molecule has 0 aromatic heterocycles. The average Bonchev–Trinajstić information content (AvgIpc) is 2.13. The van der Waals surface area contributed by atoms with E-state index in [4.69, 9.17) is 0 Å². The molecule has 1 atom stereocenters. The van der Waals surface area contributed by atoms with E-state index in [1.165, 1.54) is 0 Å².